The number of carbonyl (C=O) groups is 4. The first-order valence-electron chi connectivity index (χ1n) is 7.71. The van der Waals surface area contributed by atoms with E-state index in [2.05, 4.69) is 14.8 Å². The lowest BCUT2D eigenvalue weighted by Crippen LogP contribution is -2.27. The maximum absolute atomic E-state index is 12.1. The Morgan fingerprint density at radius 2 is 1.70 bits per heavy atom. The Kier molecular flexibility index (Phi) is 6.01. The smallest absolute Gasteiger partial charge is 0.339 e. The SMILES string of the molecule is COC(=O)c1ccc(C(=O)OC)c(NC(=O)COC(=O)[C@@]2(C)CC2(Cl)Cl)c1. The van der Waals surface area contributed by atoms with Crippen LogP contribution in [0.4, 0.5) is 5.69 Å². The number of ether oxygens (including phenoxy) is 3. The molecule has 0 heterocycles. The van der Waals surface area contributed by atoms with Gasteiger partial charge in [0.15, 0.2) is 6.61 Å². The summed E-state index contributed by atoms with van der Waals surface area (Å²) in [7, 11) is 2.37. The lowest BCUT2D eigenvalue weighted by Gasteiger charge is -2.13. The van der Waals surface area contributed by atoms with Gasteiger partial charge < -0.3 is 19.5 Å². The Morgan fingerprint density at radius 3 is 2.22 bits per heavy atom. The fourth-order valence-electron chi connectivity index (χ4n) is 2.28. The first-order chi connectivity index (χ1) is 12.6. The van der Waals surface area contributed by atoms with E-state index in [0.29, 0.717) is 0 Å². The van der Waals surface area contributed by atoms with E-state index < -0.39 is 40.2 Å². The molecule has 1 amide bonds. The zero-order chi connectivity index (χ0) is 20.4. The molecule has 0 radical (unpaired) electrons. The summed E-state index contributed by atoms with van der Waals surface area (Å²) in [6, 6.07) is 3.91. The fourth-order valence-corrected chi connectivity index (χ4v) is 2.97. The Morgan fingerprint density at radius 1 is 1.11 bits per heavy atom. The molecule has 1 aliphatic carbocycles. The molecule has 1 atom stereocenters. The molecule has 0 saturated heterocycles. The molecule has 0 spiro atoms. The van der Waals surface area contributed by atoms with Crippen LogP contribution in [0.5, 0.6) is 0 Å². The van der Waals surface area contributed by atoms with Gasteiger partial charge in [0.05, 0.1) is 31.0 Å². The van der Waals surface area contributed by atoms with E-state index >= 15 is 0 Å². The molecule has 10 heteroatoms. The molecule has 1 aromatic rings. The summed E-state index contributed by atoms with van der Waals surface area (Å²) in [6.45, 7) is 0.907. The molecule has 27 heavy (non-hydrogen) atoms. The maximum Gasteiger partial charge on any atom is 0.339 e. The predicted molar refractivity (Wildman–Crippen MR) is 95.9 cm³/mol. The van der Waals surface area contributed by atoms with Gasteiger partial charge in [0.2, 0.25) is 0 Å². The third-order valence-corrected chi connectivity index (χ3v) is 5.26. The summed E-state index contributed by atoms with van der Waals surface area (Å²) in [5, 5.41) is 2.40. The number of nitrogens with one attached hydrogen (secondary N) is 1. The van der Waals surface area contributed by atoms with Gasteiger partial charge in [-0.2, -0.15) is 0 Å². The van der Waals surface area contributed by atoms with Crippen molar-refractivity contribution in [2.24, 2.45) is 5.41 Å². The molecule has 146 valence electrons. The van der Waals surface area contributed by atoms with Gasteiger partial charge in [-0.15, -0.1) is 23.2 Å². The van der Waals surface area contributed by atoms with Crippen LogP contribution in [0.25, 0.3) is 0 Å². The molecular formula is C17H17Cl2NO7. The minimum absolute atomic E-state index is 0.00691. The van der Waals surface area contributed by atoms with Gasteiger partial charge in [-0.05, 0) is 25.1 Å². The van der Waals surface area contributed by atoms with Gasteiger partial charge in [0, 0.05) is 6.42 Å². The normalized spacial score (nSPS) is 19.6. The van der Waals surface area contributed by atoms with Crippen LogP contribution in [0.1, 0.15) is 34.1 Å². The van der Waals surface area contributed by atoms with Crippen LogP contribution in [0, 0.1) is 5.41 Å². The average Bonchev–Trinajstić information content (AvgIpc) is 3.17. The lowest BCUT2D eigenvalue weighted by atomic mass is 10.1. The maximum atomic E-state index is 12.1. The van der Waals surface area contributed by atoms with Gasteiger partial charge in [0.25, 0.3) is 5.91 Å². The minimum Gasteiger partial charge on any atom is -0.465 e. The molecule has 1 N–H and O–H groups in total. The number of carbonyl (C=O) groups excluding carboxylic acids is 4. The van der Waals surface area contributed by atoms with E-state index in [1.807, 2.05) is 0 Å². The summed E-state index contributed by atoms with van der Waals surface area (Å²) < 4.78 is 13.0. The first kappa shape index (κ1) is 21.0. The Labute approximate surface area is 165 Å². The Bertz CT molecular complexity index is 808. The number of halogens is 2. The van der Waals surface area contributed by atoms with Crippen LogP contribution in [0.3, 0.4) is 0 Å². The highest BCUT2D eigenvalue weighted by Gasteiger charge is 2.69. The first-order valence-corrected chi connectivity index (χ1v) is 8.47. The molecule has 0 unspecified atom stereocenters. The molecule has 1 aromatic carbocycles. The van der Waals surface area contributed by atoms with Crippen LogP contribution in [-0.4, -0.2) is 49.0 Å². The predicted octanol–water partition coefficient (Wildman–Crippen LogP) is 2.33. The van der Waals surface area contributed by atoms with Crippen LogP contribution >= 0.6 is 23.2 Å². The summed E-state index contributed by atoms with van der Waals surface area (Å²) >= 11 is 11.8. The van der Waals surface area contributed by atoms with Crippen molar-refractivity contribution in [1.29, 1.82) is 0 Å². The zero-order valence-electron chi connectivity index (χ0n) is 14.8. The van der Waals surface area contributed by atoms with Gasteiger partial charge >= 0.3 is 17.9 Å². The van der Waals surface area contributed by atoms with Crippen molar-refractivity contribution in [1.82, 2.24) is 0 Å². The lowest BCUT2D eigenvalue weighted by molar-refractivity contribution is -0.152. The van der Waals surface area contributed by atoms with Gasteiger partial charge in [0.1, 0.15) is 9.75 Å². The summed E-state index contributed by atoms with van der Waals surface area (Å²) in [5.41, 5.74) is -0.942. The van der Waals surface area contributed by atoms with Gasteiger partial charge in [-0.1, -0.05) is 0 Å². The Balaban J connectivity index is 2.10. The third-order valence-electron chi connectivity index (χ3n) is 4.16. The van der Waals surface area contributed by atoms with Crippen LogP contribution in [-0.2, 0) is 23.8 Å². The molecule has 0 bridgehead atoms. The second-order valence-corrected chi connectivity index (χ2v) is 7.57. The molecule has 0 aliphatic heterocycles. The summed E-state index contributed by atoms with van der Waals surface area (Å²) in [5.74, 6) is -2.82. The molecule has 0 aromatic heterocycles. The number of hydrogen-bond donors (Lipinski definition) is 1. The Hall–Kier alpha value is -2.32. The largest absolute Gasteiger partial charge is 0.465 e. The zero-order valence-corrected chi connectivity index (χ0v) is 16.3. The number of hydrogen-bond acceptors (Lipinski definition) is 7. The van der Waals surface area contributed by atoms with Crippen molar-refractivity contribution in [3.63, 3.8) is 0 Å². The van der Waals surface area contributed by atoms with Crippen molar-refractivity contribution in [3.8, 4) is 0 Å². The van der Waals surface area contributed by atoms with Crippen LogP contribution in [0.2, 0.25) is 0 Å². The van der Waals surface area contributed by atoms with E-state index in [4.69, 9.17) is 27.9 Å². The fraction of sp³-hybridized carbons (Fsp3) is 0.412. The third kappa shape index (κ3) is 4.33. The van der Waals surface area contributed by atoms with Crippen LogP contribution < -0.4 is 5.32 Å². The highest BCUT2D eigenvalue weighted by molar-refractivity contribution is 6.53. The second kappa shape index (κ2) is 7.74. The minimum atomic E-state index is -1.21. The molecular weight excluding hydrogens is 401 g/mol. The average molecular weight is 418 g/mol. The highest BCUT2D eigenvalue weighted by Crippen LogP contribution is 2.64. The van der Waals surface area contributed by atoms with Crippen molar-refractivity contribution < 1.29 is 33.4 Å². The van der Waals surface area contributed by atoms with E-state index in [0.717, 1.165) is 0 Å². The van der Waals surface area contributed by atoms with Crippen molar-refractivity contribution in [2.75, 3.05) is 26.1 Å². The molecule has 1 saturated carbocycles. The van der Waals surface area contributed by atoms with Crippen LogP contribution in [0.15, 0.2) is 18.2 Å². The van der Waals surface area contributed by atoms with E-state index in [1.54, 1.807) is 0 Å². The number of esters is 3. The standard InChI is InChI=1S/C17H17Cl2NO7/c1-16(8-17(16,18)19)15(24)27-7-12(21)20-11-6-9(13(22)25-2)4-5-10(11)14(23)26-3/h4-6H,7-8H2,1-3H3,(H,20,21)/t16-/m1/s1. The summed E-state index contributed by atoms with van der Waals surface area (Å²) in [4.78, 5) is 47.6. The number of methoxy groups -OCH3 is 2. The quantitative estimate of drug-likeness (QED) is 0.429. The number of rotatable bonds is 6. The van der Waals surface area contributed by atoms with E-state index in [1.165, 1.54) is 39.3 Å². The van der Waals surface area contributed by atoms with Crippen molar-refractivity contribution >= 4 is 52.7 Å². The molecule has 1 fully saturated rings. The van der Waals surface area contributed by atoms with Gasteiger partial charge in [-0.3, -0.25) is 9.59 Å². The molecule has 2 rings (SSSR count). The molecule has 8 nitrogen and oxygen atoms in total. The van der Waals surface area contributed by atoms with Gasteiger partial charge in [-0.25, -0.2) is 9.59 Å². The number of anilines is 1. The number of amides is 1. The molecule has 1 aliphatic rings. The topological polar surface area (TPSA) is 108 Å². The monoisotopic (exact) mass is 417 g/mol. The van der Waals surface area contributed by atoms with E-state index in [-0.39, 0.29) is 23.2 Å². The number of alkyl halides is 2. The second-order valence-electron chi connectivity index (χ2n) is 6.08. The number of benzene rings is 1. The van der Waals surface area contributed by atoms with E-state index in [9.17, 15) is 19.2 Å². The highest BCUT2D eigenvalue weighted by atomic mass is 35.5. The van der Waals surface area contributed by atoms with Crippen molar-refractivity contribution in [3.05, 3.63) is 29.3 Å². The van der Waals surface area contributed by atoms with Crippen molar-refractivity contribution in [2.45, 2.75) is 17.7 Å². The summed E-state index contributed by atoms with van der Waals surface area (Å²) in [6.07, 6.45) is 0.219.